The lowest BCUT2D eigenvalue weighted by molar-refractivity contribution is -0.137. The second-order valence-electron chi connectivity index (χ2n) is 4.36. The number of halogens is 3. The normalized spacial score (nSPS) is 12.0. The van der Waals surface area contributed by atoms with Crippen LogP contribution in [0.3, 0.4) is 0 Å². The van der Waals surface area contributed by atoms with Gasteiger partial charge in [-0.2, -0.15) is 13.2 Å². The van der Waals surface area contributed by atoms with Crippen LogP contribution in [0.2, 0.25) is 0 Å². The highest BCUT2D eigenvalue weighted by Crippen LogP contribution is 2.31. The van der Waals surface area contributed by atoms with Crippen LogP contribution in [0, 0.1) is 6.92 Å². The maximum absolute atomic E-state index is 12.6. The molecular formula is C13H9F3N4. The summed E-state index contributed by atoms with van der Waals surface area (Å²) in [6.07, 6.45) is -1.27. The number of nitrogens with zero attached hydrogens (tertiary/aromatic N) is 3. The molecule has 102 valence electrons. The van der Waals surface area contributed by atoms with Gasteiger partial charge in [0.1, 0.15) is 5.69 Å². The van der Waals surface area contributed by atoms with Crippen LogP contribution in [0.1, 0.15) is 11.3 Å². The van der Waals surface area contributed by atoms with Crippen molar-refractivity contribution < 1.29 is 13.2 Å². The molecule has 20 heavy (non-hydrogen) atoms. The molecule has 2 aromatic heterocycles. The molecule has 0 aliphatic carbocycles. The highest BCUT2D eigenvalue weighted by atomic mass is 19.4. The third-order valence-corrected chi connectivity index (χ3v) is 2.83. The first-order valence-electron chi connectivity index (χ1n) is 5.79. The van der Waals surface area contributed by atoms with Crippen LogP contribution in [-0.2, 0) is 6.18 Å². The summed E-state index contributed by atoms with van der Waals surface area (Å²) >= 11 is 0. The summed E-state index contributed by atoms with van der Waals surface area (Å²) in [4.78, 5) is 15.3. The average Bonchev–Trinajstić information content (AvgIpc) is 2.81. The van der Waals surface area contributed by atoms with Gasteiger partial charge in [-0.25, -0.2) is 9.97 Å². The molecule has 0 atom stereocenters. The Morgan fingerprint density at radius 3 is 2.55 bits per heavy atom. The van der Waals surface area contributed by atoms with E-state index in [9.17, 15) is 13.2 Å². The standard InChI is InChI=1S/C13H9F3N4/c1-7-5-18-11(6-17-7)12-19-9-3-2-8(13(14,15)16)4-10(9)20-12/h2-6H,1H3,(H,19,20). The van der Waals surface area contributed by atoms with Crippen molar-refractivity contribution in [2.45, 2.75) is 13.1 Å². The monoisotopic (exact) mass is 278 g/mol. The molecule has 0 spiro atoms. The van der Waals surface area contributed by atoms with E-state index in [1.54, 1.807) is 13.1 Å². The molecule has 0 radical (unpaired) electrons. The number of fused-ring (bicyclic) bond motifs is 1. The third kappa shape index (κ3) is 2.22. The van der Waals surface area contributed by atoms with E-state index >= 15 is 0 Å². The molecular weight excluding hydrogens is 269 g/mol. The van der Waals surface area contributed by atoms with Crippen molar-refractivity contribution in [1.82, 2.24) is 19.9 Å². The van der Waals surface area contributed by atoms with Crippen molar-refractivity contribution in [2.24, 2.45) is 0 Å². The summed E-state index contributed by atoms with van der Waals surface area (Å²) < 4.78 is 37.9. The molecule has 3 rings (SSSR count). The molecule has 4 nitrogen and oxygen atoms in total. The molecule has 0 bridgehead atoms. The zero-order valence-corrected chi connectivity index (χ0v) is 10.4. The number of aromatic nitrogens is 4. The van der Waals surface area contributed by atoms with Gasteiger partial charge in [-0.3, -0.25) is 4.98 Å². The van der Waals surface area contributed by atoms with E-state index < -0.39 is 11.7 Å². The predicted octanol–water partition coefficient (Wildman–Crippen LogP) is 3.35. The number of alkyl halides is 3. The van der Waals surface area contributed by atoms with Gasteiger partial charge in [0.05, 0.1) is 28.5 Å². The number of H-pyrrole nitrogens is 1. The molecule has 0 amide bonds. The van der Waals surface area contributed by atoms with Crippen molar-refractivity contribution >= 4 is 11.0 Å². The van der Waals surface area contributed by atoms with Crippen LogP contribution in [-0.4, -0.2) is 19.9 Å². The van der Waals surface area contributed by atoms with E-state index in [0.717, 1.165) is 17.8 Å². The molecule has 3 aromatic rings. The first-order valence-corrected chi connectivity index (χ1v) is 5.79. The Kier molecular flexibility index (Phi) is 2.70. The van der Waals surface area contributed by atoms with E-state index in [-0.39, 0.29) is 0 Å². The quantitative estimate of drug-likeness (QED) is 0.742. The smallest absolute Gasteiger partial charge is 0.337 e. The molecule has 0 aliphatic rings. The summed E-state index contributed by atoms with van der Waals surface area (Å²) in [6, 6.07) is 3.38. The van der Waals surface area contributed by atoms with Gasteiger partial charge in [0.15, 0.2) is 5.82 Å². The topological polar surface area (TPSA) is 54.5 Å². The molecule has 0 unspecified atom stereocenters. The zero-order chi connectivity index (χ0) is 14.3. The van der Waals surface area contributed by atoms with Crippen molar-refractivity contribution in [3.63, 3.8) is 0 Å². The van der Waals surface area contributed by atoms with Crippen LogP contribution in [0.4, 0.5) is 13.2 Å². The number of rotatable bonds is 1. The van der Waals surface area contributed by atoms with E-state index in [1.165, 1.54) is 12.3 Å². The Labute approximate surface area is 111 Å². The molecule has 1 N–H and O–H groups in total. The first kappa shape index (κ1) is 12.6. The Morgan fingerprint density at radius 2 is 1.90 bits per heavy atom. The minimum atomic E-state index is -4.37. The fourth-order valence-corrected chi connectivity index (χ4v) is 1.82. The fraction of sp³-hybridized carbons (Fsp3) is 0.154. The minimum absolute atomic E-state index is 0.317. The van der Waals surface area contributed by atoms with Crippen LogP contribution in [0.25, 0.3) is 22.6 Å². The van der Waals surface area contributed by atoms with Gasteiger partial charge in [0, 0.05) is 6.20 Å². The Balaban J connectivity index is 2.09. The molecule has 0 saturated heterocycles. The minimum Gasteiger partial charge on any atom is -0.337 e. The highest BCUT2D eigenvalue weighted by Gasteiger charge is 2.30. The van der Waals surface area contributed by atoms with Gasteiger partial charge >= 0.3 is 6.18 Å². The number of imidazole rings is 1. The maximum Gasteiger partial charge on any atom is 0.416 e. The van der Waals surface area contributed by atoms with E-state index in [4.69, 9.17) is 0 Å². The van der Waals surface area contributed by atoms with Crippen LogP contribution < -0.4 is 0 Å². The Morgan fingerprint density at radius 1 is 1.10 bits per heavy atom. The number of hydrogen-bond acceptors (Lipinski definition) is 3. The molecule has 2 heterocycles. The van der Waals surface area contributed by atoms with Gasteiger partial charge in [-0.1, -0.05) is 0 Å². The Hall–Kier alpha value is -2.44. The van der Waals surface area contributed by atoms with Gasteiger partial charge in [0.2, 0.25) is 0 Å². The summed E-state index contributed by atoms with van der Waals surface area (Å²) in [5.41, 5.74) is 1.30. The zero-order valence-electron chi connectivity index (χ0n) is 10.4. The average molecular weight is 278 g/mol. The van der Waals surface area contributed by atoms with Crippen LogP contribution >= 0.6 is 0 Å². The number of aromatic amines is 1. The van der Waals surface area contributed by atoms with Gasteiger partial charge in [0.25, 0.3) is 0 Å². The number of hydrogen-bond donors (Lipinski definition) is 1. The first-order chi connectivity index (χ1) is 9.43. The summed E-state index contributed by atoms with van der Waals surface area (Å²) in [6.45, 7) is 1.80. The Bertz CT molecular complexity index is 759. The number of nitrogens with one attached hydrogen (secondary N) is 1. The van der Waals surface area contributed by atoms with E-state index in [2.05, 4.69) is 19.9 Å². The summed E-state index contributed by atoms with van der Waals surface area (Å²) in [5.74, 6) is 0.395. The highest BCUT2D eigenvalue weighted by molar-refractivity contribution is 5.79. The maximum atomic E-state index is 12.6. The SMILES string of the molecule is Cc1cnc(-c2nc3ccc(C(F)(F)F)cc3[nH]2)cn1. The predicted molar refractivity (Wildman–Crippen MR) is 66.9 cm³/mol. The van der Waals surface area contributed by atoms with Crippen molar-refractivity contribution in [2.75, 3.05) is 0 Å². The molecule has 0 saturated carbocycles. The molecule has 0 aliphatic heterocycles. The van der Waals surface area contributed by atoms with Crippen molar-refractivity contribution in [3.8, 4) is 11.5 Å². The lowest BCUT2D eigenvalue weighted by atomic mass is 10.2. The molecule has 1 aromatic carbocycles. The number of aryl methyl sites for hydroxylation is 1. The molecule has 7 heteroatoms. The van der Waals surface area contributed by atoms with Crippen molar-refractivity contribution in [3.05, 3.63) is 41.9 Å². The van der Waals surface area contributed by atoms with Crippen LogP contribution in [0.15, 0.2) is 30.6 Å². The molecule has 0 fully saturated rings. The van der Waals surface area contributed by atoms with Gasteiger partial charge < -0.3 is 4.98 Å². The lowest BCUT2D eigenvalue weighted by Gasteiger charge is -2.05. The second kappa shape index (κ2) is 4.29. The third-order valence-electron chi connectivity index (χ3n) is 2.83. The summed E-state index contributed by atoms with van der Waals surface area (Å²) in [7, 11) is 0. The van der Waals surface area contributed by atoms with E-state index in [1.807, 2.05) is 0 Å². The lowest BCUT2D eigenvalue weighted by Crippen LogP contribution is -2.04. The second-order valence-corrected chi connectivity index (χ2v) is 4.36. The van der Waals surface area contributed by atoms with Crippen LogP contribution in [0.5, 0.6) is 0 Å². The fourth-order valence-electron chi connectivity index (χ4n) is 1.82. The van der Waals surface area contributed by atoms with E-state index in [0.29, 0.717) is 22.6 Å². The largest absolute Gasteiger partial charge is 0.416 e. The van der Waals surface area contributed by atoms with Gasteiger partial charge in [-0.05, 0) is 25.1 Å². The summed E-state index contributed by atoms with van der Waals surface area (Å²) in [5, 5.41) is 0. The van der Waals surface area contributed by atoms with Gasteiger partial charge in [-0.15, -0.1) is 0 Å². The number of benzene rings is 1. The van der Waals surface area contributed by atoms with Crippen molar-refractivity contribution in [1.29, 1.82) is 0 Å².